The van der Waals surface area contributed by atoms with E-state index < -0.39 is 5.97 Å². The average Bonchev–Trinajstić information content (AvgIpc) is 2.40. The van der Waals surface area contributed by atoms with Gasteiger partial charge in [-0.3, -0.25) is 0 Å². The van der Waals surface area contributed by atoms with Crippen LogP contribution in [0.25, 0.3) is 0 Å². The molecular weight excluding hydrogens is 220 g/mol. The Hall–Kier alpha value is -1.10. The van der Waals surface area contributed by atoms with Crippen molar-refractivity contribution in [1.82, 2.24) is 0 Å². The Bertz CT molecular complexity index is 405. The second-order valence-corrected chi connectivity index (χ2v) is 4.96. The zero-order valence-corrected chi connectivity index (χ0v) is 10.1. The molecule has 3 fully saturated rings. The Morgan fingerprint density at radius 2 is 1.76 bits per heavy atom. The lowest BCUT2D eigenvalue weighted by molar-refractivity contribution is -0.477. The van der Waals surface area contributed by atoms with Crippen LogP contribution in [0.1, 0.15) is 12.5 Å². The fraction of sp³-hybridized carbons (Fsp3) is 0.538. The molecule has 0 N–H and O–H groups in total. The summed E-state index contributed by atoms with van der Waals surface area (Å²) in [5.41, 5.74) is 0.833. The van der Waals surface area contributed by atoms with Crippen LogP contribution in [0.3, 0.4) is 0 Å². The number of fused-ring (bicyclic) bond motifs is 3. The highest BCUT2D eigenvalue weighted by atomic mass is 16.9. The molecule has 2 bridgehead atoms. The molecule has 0 amide bonds. The quantitative estimate of drug-likeness (QED) is 0.785. The third-order valence-electron chi connectivity index (χ3n) is 3.26. The number of ether oxygens (including phenoxy) is 4. The summed E-state index contributed by atoms with van der Waals surface area (Å²) in [5, 5.41) is 0. The van der Waals surface area contributed by atoms with Gasteiger partial charge < -0.3 is 18.9 Å². The summed E-state index contributed by atoms with van der Waals surface area (Å²) in [6.45, 7) is 4.07. The average molecular weight is 236 g/mol. The minimum atomic E-state index is -1.04. The topological polar surface area (TPSA) is 36.9 Å². The van der Waals surface area contributed by atoms with Crippen LogP contribution >= 0.6 is 0 Å². The van der Waals surface area contributed by atoms with Crippen LogP contribution < -0.4 is 4.74 Å². The molecule has 0 aromatic heterocycles. The Morgan fingerprint density at radius 1 is 1.12 bits per heavy atom. The lowest BCUT2D eigenvalue weighted by atomic mass is 9.91. The van der Waals surface area contributed by atoms with Crippen molar-refractivity contribution in [1.29, 1.82) is 0 Å². The van der Waals surface area contributed by atoms with Gasteiger partial charge in [0.05, 0.1) is 26.9 Å². The molecule has 0 radical (unpaired) electrons. The van der Waals surface area contributed by atoms with Crippen molar-refractivity contribution in [3.05, 3.63) is 29.8 Å². The molecule has 3 saturated heterocycles. The maximum atomic E-state index is 5.75. The Kier molecular flexibility index (Phi) is 2.40. The molecule has 0 saturated carbocycles. The standard InChI is InChI=1S/C13H16O4/c1-12-7-15-13(16-8-12,17-9-12)10-4-3-5-11(6-10)14-2/h3-6H,7-9H2,1-2H3. The van der Waals surface area contributed by atoms with Gasteiger partial charge in [-0.1, -0.05) is 19.1 Å². The van der Waals surface area contributed by atoms with E-state index in [0.717, 1.165) is 11.3 Å². The van der Waals surface area contributed by atoms with E-state index in [1.165, 1.54) is 0 Å². The molecule has 4 rings (SSSR count). The minimum absolute atomic E-state index is 0.0133. The van der Waals surface area contributed by atoms with Crippen LogP contribution in [0.4, 0.5) is 0 Å². The van der Waals surface area contributed by atoms with E-state index in [2.05, 4.69) is 6.92 Å². The second kappa shape index (κ2) is 3.70. The first kappa shape index (κ1) is 11.0. The van der Waals surface area contributed by atoms with Gasteiger partial charge in [0, 0.05) is 11.0 Å². The van der Waals surface area contributed by atoms with Crippen LogP contribution in [-0.2, 0) is 20.2 Å². The third kappa shape index (κ3) is 1.73. The SMILES string of the molecule is COc1cccc(C23OCC(C)(CO2)CO3)c1. The van der Waals surface area contributed by atoms with Gasteiger partial charge in [0.1, 0.15) is 5.75 Å². The van der Waals surface area contributed by atoms with Crippen LogP contribution in [0.2, 0.25) is 0 Å². The maximum absolute atomic E-state index is 5.75. The van der Waals surface area contributed by atoms with Crippen molar-refractivity contribution >= 4 is 0 Å². The number of methoxy groups -OCH3 is 1. The number of rotatable bonds is 2. The van der Waals surface area contributed by atoms with E-state index in [1.807, 2.05) is 24.3 Å². The zero-order chi connectivity index (χ0) is 11.9. The maximum Gasteiger partial charge on any atom is 0.312 e. The Balaban J connectivity index is 1.93. The van der Waals surface area contributed by atoms with Crippen LogP contribution in [0, 0.1) is 5.41 Å². The van der Waals surface area contributed by atoms with E-state index in [0.29, 0.717) is 19.8 Å². The fourth-order valence-electron chi connectivity index (χ4n) is 2.12. The van der Waals surface area contributed by atoms with Gasteiger partial charge in [0.2, 0.25) is 0 Å². The highest BCUT2D eigenvalue weighted by molar-refractivity contribution is 5.30. The molecule has 4 heteroatoms. The molecule has 0 atom stereocenters. The smallest absolute Gasteiger partial charge is 0.312 e. The van der Waals surface area contributed by atoms with Crippen molar-refractivity contribution in [3.8, 4) is 5.75 Å². The zero-order valence-electron chi connectivity index (χ0n) is 10.1. The Labute approximate surface area is 100 Å². The molecule has 1 aromatic carbocycles. The summed E-state index contributed by atoms with van der Waals surface area (Å²) in [6.07, 6.45) is 0. The molecule has 0 aliphatic carbocycles. The number of benzene rings is 1. The van der Waals surface area contributed by atoms with E-state index in [1.54, 1.807) is 7.11 Å². The van der Waals surface area contributed by atoms with Crippen LogP contribution in [0.5, 0.6) is 5.75 Å². The summed E-state index contributed by atoms with van der Waals surface area (Å²) in [5.74, 6) is -0.265. The first-order valence-electron chi connectivity index (χ1n) is 5.72. The monoisotopic (exact) mass is 236 g/mol. The molecule has 3 heterocycles. The lowest BCUT2D eigenvalue weighted by Gasteiger charge is -2.50. The number of hydrogen-bond donors (Lipinski definition) is 0. The van der Waals surface area contributed by atoms with E-state index in [-0.39, 0.29) is 5.41 Å². The first-order chi connectivity index (χ1) is 8.16. The highest BCUT2D eigenvalue weighted by Crippen LogP contribution is 2.44. The van der Waals surface area contributed by atoms with Gasteiger partial charge in [-0.05, 0) is 12.1 Å². The predicted octanol–water partition coefficient (Wildman–Crippen LogP) is 1.89. The summed E-state index contributed by atoms with van der Waals surface area (Å²) < 4.78 is 22.5. The van der Waals surface area contributed by atoms with Gasteiger partial charge in [0.15, 0.2) is 0 Å². The molecule has 3 aliphatic rings. The van der Waals surface area contributed by atoms with Gasteiger partial charge in [0.25, 0.3) is 0 Å². The molecule has 92 valence electrons. The van der Waals surface area contributed by atoms with Gasteiger partial charge in [-0.15, -0.1) is 0 Å². The van der Waals surface area contributed by atoms with E-state index >= 15 is 0 Å². The third-order valence-corrected chi connectivity index (χ3v) is 3.26. The highest BCUT2D eigenvalue weighted by Gasteiger charge is 2.51. The molecule has 0 unspecified atom stereocenters. The van der Waals surface area contributed by atoms with E-state index in [4.69, 9.17) is 18.9 Å². The van der Waals surface area contributed by atoms with Crippen LogP contribution in [0.15, 0.2) is 24.3 Å². The molecule has 17 heavy (non-hydrogen) atoms. The fourth-order valence-corrected chi connectivity index (χ4v) is 2.12. The normalized spacial score (nSPS) is 35.9. The lowest BCUT2D eigenvalue weighted by Crippen LogP contribution is -2.57. The molecule has 0 spiro atoms. The molecule has 4 nitrogen and oxygen atoms in total. The predicted molar refractivity (Wildman–Crippen MR) is 60.6 cm³/mol. The van der Waals surface area contributed by atoms with Gasteiger partial charge in [-0.25, -0.2) is 0 Å². The van der Waals surface area contributed by atoms with Crippen LogP contribution in [-0.4, -0.2) is 26.9 Å². The number of hydrogen-bond acceptors (Lipinski definition) is 4. The van der Waals surface area contributed by atoms with Gasteiger partial charge in [-0.2, -0.15) is 0 Å². The summed E-state index contributed by atoms with van der Waals surface area (Å²) in [7, 11) is 1.64. The van der Waals surface area contributed by atoms with Crippen molar-refractivity contribution in [2.24, 2.45) is 5.41 Å². The second-order valence-electron chi connectivity index (χ2n) is 4.96. The van der Waals surface area contributed by atoms with E-state index in [9.17, 15) is 0 Å². The van der Waals surface area contributed by atoms with Gasteiger partial charge >= 0.3 is 5.97 Å². The summed E-state index contributed by atoms with van der Waals surface area (Å²) in [4.78, 5) is 0. The van der Waals surface area contributed by atoms with Crippen molar-refractivity contribution in [2.75, 3.05) is 26.9 Å². The Morgan fingerprint density at radius 3 is 2.35 bits per heavy atom. The molecule has 3 aliphatic heterocycles. The summed E-state index contributed by atoms with van der Waals surface area (Å²) in [6, 6.07) is 7.60. The summed E-state index contributed by atoms with van der Waals surface area (Å²) >= 11 is 0. The van der Waals surface area contributed by atoms with Crippen molar-refractivity contribution in [2.45, 2.75) is 12.9 Å². The van der Waals surface area contributed by atoms with Crippen molar-refractivity contribution in [3.63, 3.8) is 0 Å². The molecular formula is C13H16O4. The minimum Gasteiger partial charge on any atom is -0.497 e. The van der Waals surface area contributed by atoms with Crippen molar-refractivity contribution < 1.29 is 18.9 Å². The molecule has 1 aromatic rings. The first-order valence-corrected chi connectivity index (χ1v) is 5.72. The largest absolute Gasteiger partial charge is 0.497 e.